The van der Waals surface area contributed by atoms with E-state index in [0.29, 0.717) is 6.07 Å². The first kappa shape index (κ1) is 9.01. The summed E-state index contributed by atoms with van der Waals surface area (Å²) >= 11 is 0. The van der Waals surface area contributed by atoms with Crippen LogP contribution in [0.25, 0.3) is 0 Å². The molecule has 0 aromatic heterocycles. The lowest BCUT2D eigenvalue weighted by Crippen LogP contribution is -2.02. The van der Waals surface area contributed by atoms with E-state index in [0.717, 1.165) is 0 Å². The minimum absolute atomic E-state index is 0.118. The third-order valence-corrected chi connectivity index (χ3v) is 2.20. The highest BCUT2D eigenvalue weighted by Crippen LogP contribution is 2.31. The van der Waals surface area contributed by atoms with E-state index >= 15 is 0 Å². The zero-order valence-electron chi connectivity index (χ0n) is 7.01. The van der Waals surface area contributed by atoms with Crippen molar-refractivity contribution in [2.45, 2.75) is 13.1 Å². The summed E-state index contributed by atoms with van der Waals surface area (Å²) in [6.45, 7) is 0.350. The number of nitrogens with zero attached hydrogens (tertiary/aromatic N) is 1. The van der Waals surface area contributed by atoms with E-state index in [9.17, 15) is 18.9 Å². The predicted molar refractivity (Wildman–Crippen MR) is 43.6 cm³/mol. The quantitative estimate of drug-likeness (QED) is 0.551. The molecule has 0 aliphatic carbocycles. The van der Waals surface area contributed by atoms with Crippen LogP contribution in [0.3, 0.4) is 0 Å². The Morgan fingerprint density at radius 3 is 2.57 bits per heavy atom. The van der Waals surface area contributed by atoms with Crippen LogP contribution in [-0.2, 0) is 13.1 Å². The van der Waals surface area contributed by atoms with Crippen molar-refractivity contribution in [2.24, 2.45) is 0 Å². The molecule has 1 aromatic rings. The number of benzene rings is 1. The molecule has 14 heavy (non-hydrogen) atoms. The lowest BCUT2D eigenvalue weighted by atomic mass is 10.1. The number of halogens is 2. The Bertz CT molecular complexity index is 420. The highest BCUT2D eigenvalue weighted by Gasteiger charge is 2.29. The average molecular weight is 200 g/mol. The molecule has 0 bridgehead atoms. The van der Waals surface area contributed by atoms with E-state index < -0.39 is 22.2 Å². The Balaban J connectivity index is 2.72. The van der Waals surface area contributed by atoms with Crippen molar-refractivity contribution in [3.63, 3.8) is 0 Å². The highest BCUT2D eigenvalue weighted by atomic mass is 19.1. The Morgan fingerprint density at radius 1 is 1.29 bits per heavy atom. The number of nitro groups is 1. The van der Waals surface area contributed by atoms with Crippen LogP contribution in [-0.4, -0.2) is 4.92 Å². The molecule has 1 N–H and O–H groups in total. The summed E-state index contributed by atoms with van der Waals surface area (Å²) in [5, 5.41) is 13.2. The van der Waals surface area contributed by atoms with Gasteiger partial charge in [0.1, 0.15) is 5.82 Å². The van der Waals surface area contributed by atoms with Crippen molar-refractivity contribution in [1.29, 1.82) is 0 Å². The van der Waals surface area contributed by atoms with Gasteiger partial charge >= 0.3 is 5.69 Å². The lowest BCUT2D eigenvalue weighted by Gasteiger charge is -2.02. The van der Waals surface area contributed by atoms with Crippen LogP contribution >= 0.6 is 0 Å². The van der Waals surface area contributed by atoms with Crippen LogP contribution < -0.4 is 5.32 Å². The lowest BCUT2D eigenvalue weighted by molar-refractivity contribution is -0.388. The van der Waals surface area contributed by atoms with Crippen molar-refractivity contribution < 1.29 is 13.7 Å². The molecule has 6 heteroatoms. The Hall–Kier alpha value is -1.56. The van der Waals surface area contributed by atoms with E-state index in [1.807, 2.05) is 0 Å². The van der Waals surface area contributed by atoms with Crippen LogP contribution in [0.1, 0.15) is 11.1 Å². The van der Waals surface area contributed by atoms with Gasteiger partial charge in [0.05, 0.1) is 10.5 Å². The van der Waals surface area contributed by atoms with E-state index in [4.69, 9.17) is 0 Å². The standard InChI is InChI=1S/C8H6F2N2O2/c9-6-1-7(10)8(12(13)14)5-3-11-2-4(5)6/h1,11H,2-3H2. The summed E-state index contributed by atoms with van der Waals surface area (Å²) in [4.78, 5) is 9.69. The minimum Gasteiger partial charge on any atom is -0.308 e. The molecule has 1 aliphatic rings. The molecule has 0 amide bonds. The van der Waals surface area contributed by atoms with Crippen molar-refractivity contribution in [1.82, 2.24) is 5.32 Å². The van der Waals surface area contributed by atoms with Gasteiger partial charge in [-0.05, 0) is 0 Å². The Morgan fingerprint density at radius 2 is 1.93 bits per heavy atom. The zero-order valence-corrected chi connectivity index (χ0v) is 7.01. The fraction of sp³-hybridized carbons (Fsp3) is 0.250. The second-order valence-corrected chi connectivity index (χ2v) is 3.01. The average Bonchev–Trinajstić information content (AvgIpc) is 2.51. The monoisotopic (exact) mass is 200 g/mol. The number of hydrogen-bond acceptors (Lipinski definition) is 3. The zero-order chi connectivity index (χ0) is 10.3. The molecular formula is C8H6F2N2O2. The number of hydrogen-bond donors (Lipinski definition) is 1. The second-order valence-electron chi connectivity index (χ2n) is 3.01. The molecule has 74 valence electrons. The third kappa shape index (κ3) is 1.15. The van der Waals surface area contributed by atoms with Gasteiger partial charge in [-0.15, -0.1) is 0 Å². The first-order valence-corrected chi connectivity index (χ1v) is 3.96. The third-order valence-electron chi connectivity index (χ3n) is 2.20. The molecule has 4 nitrogen and oxygen atoms in total. The normalized spacial score (nSPS) is 14.1. The first-order chi connectivity index (χ1) is 6.61. The Kier molecular flexibility index (Phi) is 1.92. The van der Waals surface area contributed by atoms with Crippen LogP contribution in [0.15, 0.2) is 6.07 Å². The van der Waals surface area contributed by atoms with Gasteiger partial charge in [0.15, 0.2) is 0 Å². The molecule has 1 heterocycles. The van der Waals surface area contributed by atoms with Crippen LogP contribution in [0, 0.1) is 21.7 Å². The van der Waals surface area contributed by atoms with Gasteiger partial charge in [-0.2, -0.15) is 4.39 Å². The van der Waals surface area contributed by atoms with E-state index in [-0.39, 0.29) is 24.2 Å². The molecule has 0 fully saturated rings. The van der Waals surface area contributed by atoms with E-state index in [1.165, 1.54) is 0 Å². The first-order valence-electron chi connectivity index (χ1n) is 3.96. The summed E-state index contributed by atoms with van der Waals surface area (Å²) in [6.07, 6.45) is 0. The number of rotatable bonds is 1. The van der Waals surface area contributed by atoms with Gasteiger partial charge in [0.25, 0.3) is 0 Å². The summed E-state index contributed by atoms with van der Waals surface area (Å²) in [5.41, 5.74) is -0.308. The van der Waals surface area contributed by atoms with Crippen molar-refractivity contribution in [3.05, 3.63) is 38.9 Å². The van der Waals surface area contributed by atoms with Gasteiger partial charge in [0, 0.05) is 24.7 Å². The molecule has 0 saturated carbocycles. The van der Waals surface area contributed by atoms with Gasteiger partial charge in [-0.25, -0.2) is 4.39 Å². The van der Waals surface area contributed by atoms with Crippen LogP contribution in [0.4, 0.5) is 14.5 Å². The molecule has 1 aromatic carbocycles. The summed E-state index contributed by atoms with van der Waals surface area (Å²) in [7, 11) is 0. The smallest absolute Gasteiger partial charge is 0.308 e. The van der Waals surface area contributed by atoms with Crippen LogP contribution in [0.5, 0.6) is 0 Å². The SMILES string of the molecule is O=[N+]([O-])c1c(F)cc(F)c2c1CNC2. The van der Waals surface area contributed by atoms with E-state index in [1.54, 1.807) is 0 Å². The van der Waals surface area contributed by atoms with Crippen molar-refractivity contribution in [2.75, 3.05) is 0 Å². The highest BCUT2D eigenvalue weighted by molar-refractivity contribution is 5.49. The maximum Gasteiger partial charge on any atom is 0.309 e. The molecule has 0 saturated heterocycles. The molecule has 0 atom stereocenters. The molecule has 0 radical (unpaired) electrons. The minimum atomic E-state index is -1.12. The van der Waals surface area contributed by atoms with Gasteiger partial charge in [-0.3, -0.25) is 10.1 Å². The molecule has 0 spiro atoms. The van der Waals surface area contributed by atoms with Crippen molar-refractivity contribution >= 4 is 5.69 Å². The maximum absolute atomic E-state index is 13.1. The molecular weight excluding hydrogens is 194 g/mol. The molecule has 0 unspecified atom stereocenters. The van der Waals surface area contributed by atoms with Gasteiger partial charge in [-0.1, -0.05) is 0 Å². The predicted octanol–water partition coefficient (Wildman–Crippen LogP) is 1.48. The number of nitro benzene ring substituents is 1. The molecule has 2 rings (SSSR count). The topological polar surface area (TPSA) is 55.2 Å². The fourth-order valence-electron chi connectivity index (χ4n) is 1.59. The maximum atomic E-state index is 13.1. The van der Waals surface area contributed by atoms with Gasteiger partial charge in [0.2, 0.25) is 5.82 Å². The summed E-state index contributed by atoms with van der Waals surface area (Å²) in [6, 6.07) is 0.559. The largest absolute Gasteiger partial charge is 0.309 e. The Labute approximate surface area is 77.7 Å². The number of fused-ring (bicyclic) bond motifs is 1. The van der Waals surface area contributed by atoms with Gasteiger partial charge < -0.3 is 5.32 Å². The van der Waals surface area contributed by atoms with Crippen molar-refractivity contribution in [3.8, 4) is 0 Å². The second kappa shape index (κ2) is 2.98. The number of nitrogens with one attached hydrogen (secondary N) is 1. The van der Waals surface area contributed by atoms with E-state index in [2.05, 4.69) is 5.32 Å². The summed E-state index contributed by atoms with van der Waals surface area (Å²) < 4.78 is 26.1. The van der Waals surface area contributed by atoms with Crippen LogP contribution in [0.2, 0.25) is 0 Å². The summed E-state index contributed by atoms with van der Waals surface area (Å²) in [5.74, 6) is -1.84. The molecule has 1 aliphatic heterocycles. The fourth-order valence-corrected chi connectivity index (χ4v) is 1.59.